The van der Waals surface area contributed by atoms with Crippen LogP contribution in [0.3, 0.4) is 0 Å². The number of amides is 2. The Morgan fingerprint density at radius 3 is 2.33 bits per heavy atom. The Kier molecular flexibility index (Phi) is 1.26. The number of urea groups is 1. The lowest BCUT2D eigenvalue weighted by Gasteiger charge is -1.91. The molecule has 1 rings (SSSR count). The molecule has 5 nitrogen and oxygen atoms in total. The van der Waals surface area contributed by atoms with Crippen LogP contribution < -0.4 is 11.5 Å². The van der Waals surface area contributed by atoms with Crippen molar-refractivity contribution in [2.45, 2.75) is 0 Å². The summed E-state index contributed by atoms with van der Waals surface area (Å²) in [6, 6.07) is -0.338. The Morgan fingerprint density at radius 2 is 2.00 bits per heavy atom. The first-order chi connectivity index (χ1) is 4.20. The number of rotatable bonds is 0. The molecular weight excluding hydrogens is 120 g/mol. The molecule has 0 aromatic rings. The molecule has 2 amide bonds. The Labute approximate surface area is 52.3 Å². The number of nitrogens with zero attached hydrogens (tertiary/aromatic N) is 2. The average molecular weight is 128 g/mol. The summed E-state index contributed by atoms with van der Waals surface area (Å²) in [5, 5.41) is 0. The van der Waals surface area contributed by atoms with E-state index in [0.29, 0.717) is 0 Å². The van der Waals surface area contributed by atoms with E-state index in [1.165, 1.54) is 4.90 Å². The van der Waals surface area contributed by atoms with Crippen LogP contribution in [0.4, 0.5) is 4.79 Å². The third-order valence-corrected chi connectivity index (χ3v) is 0.942. The van der Waals surface area contributed by atoms with Crippen LogP contribution in [-0.4, -0.2) is 30.0 Å². The highest BCUT2D eigenvalue weighted by atomic mass is 16.2. The monoisotopic (exact) mass is 128 g/mol. The van der Waals surface area contributed by atoms with E-state index in [1.807, 2.05) is 0 Å². The number of hydrogen-bond donors (Lipinski definition) is 2. The quantitative estimate of drug-likeness (QED) is 0.241. The smallest absolute Gasteiger partial charge is 0.346 e. The van der Waals surface area contributed by atoms with E-state index >= 15 is 0 Å². The molecule has 0 spiro atoms. The summed E-state index contributed by atoms with van der Waals surface area (Å²) in [6.07, 6.45) is 0. The van der Waals surface area contributed by atoms with Crippen molar-refractivity contribution in [3.05, 3.63) is 0 Å². The van der Waals surface area contributed by atoms with Gasteiger partial charge >= 0.3 is 6.03 Å². The second kappa shape index (κ2) is 1.93. The lowest BCUT2D eigenvalue weighted by atomic mass is 10.9. The summed E-state index contributed by atoms with van der Waals surface area (Å²) >= 11 is 0. The highest BCUT2D eigenvalue weighted by Gasteiger charge is 2.23. The van der Waals surface area contributed by atoms with Crippen molar-refractivity contribution in [1.29, 1.82) is 0 Å². The normalized spacial score (nSPS) is 14.9. The highest BCUT2D eigenvalue weighted by Crippen LogP contribution is 2.04. The molecule has 1 aliphatic heterocycles. The van der Waals surface area contributed by atoms with Crippen LogP contribution in [0.1, 0.15) is 0 Å². The summed E-state index contributed by atoms with van der Waals surface area (Å²) in [6.45, 7) is 1.55. The summed E-state index contributed by atoms with van der Waals surface area (Å²) in [4.78, 5) is 15.4. The van der Waals surface area contributed by atoms with Gasteiger partial charge in [0.1, 0.15) is 0 Å². The number of nitrogens with two attached hydrogens (primary N) is 2. The molecule has 0 bridgehead atoms. The highest BCUT2D eigenvalue weighted by molar-refractivity contribution is 5.91. The lowest BCUT2D eigenvalue weighted by Crippen LogP contribution is -2.25. The molecule has 0 saturated carbocycles. The van der Waals surface area contributed by atoms with Crippen LogP contribution in [0.25, 0.3) is 0 Å². The van der Waals surface area contributed by atoms with Crippen LogP contribution in [0.15, 0.2) is 4.99 Å². The molecule has 0 aromatic carbocycles. The Balaban J connectivity index is 2.42. The van der Waals surface area contributed by atoms with E-state index in [9.17, 15) is 4.79 Å². The third kappa shape index (κ3) is 1.60. The van der Waals surface area contributed by atoms with Crippen LogP contribution >= 0.6 is 0 Å². The predicted molar refractivity (Wildman–Crippen MR) is 32.8 cm³/mol. The fourth-order valence-corrected chi connectivity index (χ4v) is 0.422. The van der Waals surface area contributed by atoms with E-state index in [2.05, 4.69) is 4.99 Å². The predicted octanol–water partition coefficient (Wildman–Crippen LogP) is -1.30. The van der Waals surface area contributed by atoms with Gasteiger partial charge in [0.25, 0.3) is 0 Å². The molecule has 0 radical (unpaired) electrons. The van der Waals surface area contributed by atoms with Gasteiger partial charge in [-0.25, -0.2) is 4.79 Å². The first-order valence-corrected chi connectivity index (χ1v) is 2.58. The van der Waals surface area contributed by atoms with Gasteiger partial charge < -0.3 is 16.4 Å². The second-order valence-corrected chi connectivity index (χ2v) is 1.81. The fourth-order valence-electron chi connectivity index (χ4n) is 0.422. The zero-order valence-corrected chi connectivity index (χ0v) is 4.87. The van der Waals surface area contributed by atoms with E-state index in [-0.39, 0.29) is 12.0 Å². The molecule has 1 saturated heterocycles. The molecule has 50 valence electrons. The number of guanidine groups is 1. The van der Waals surface area contributed by atoms with Gasteiger partial charge in [0.05, 0.1) is 0 Å². The molecule has 0 atom stereocenters. The molecule has 1 aliphatic rings. The van der Waals surface area contributed by atoms with E-state index in [0.717, 1.165) is 13.1 Å². The van der Waals surface area contributed by atoms with Crippen molar-refractivity contribution in [1.82, 2.24) is 4.90 Å². The van der Waals surface area contributed by atoms with Crippen LogP contribution in [0.5, 0.6) is 0 Å². The summed E-state index contributed by atoms with van der Waals surface area (Å²) in [5.41, 5.74) is 9.88. The minimum atomic E-state index is -0.338. The lowest BCUT2D eigenvalue weighted by molar-refractivity contribution is 0.239. The van der Waals surface area contributed by atoms with Gasteiger partial charge in [-0.05, 0) is 0 Å². The summed E-state index contributed by atoms with van der Waals surface area (Å²) in [7, 11) is 0. The first kappa shape index (κ1) is 5.87. The zero-order valence-electron chi connectivity index (χ0n) is 4.87. The standard InChI is InChI=1S/C4H8N4O/c5-3(6)7-4(9)8-1-2-8/h1-2H2,(H4,5,6,7,9). The Morgan fingerprint density at radius 1 is 1.44 bits per heavy atom. The van der Waals surface area contributed by atoms with Crippen molar-refractivity contribution >= 4 is 12.0 Å². The molecule has 5 heteroatoms. The topological polar surface area (TPSA) is 84.5 Å². The third-order valence-electron chi connectivity index (χ3n) is 0.942. The van der Waals surface area contributed by atoms with Crippen molar-refractivity contribution < 1.29 is 4.79 Å². The summed E-state index contributed by atoms with van der Waals surface area (Å²) in [5.74, 6) is -0.174. The number of hydrogen-bond acceptors (Lipinski definition) is 1. The van der Waals surface area contributed by atoms with Crippen molar-refractivity contribution in [3.8, 4) is 0 Å². The van der Waals surface area contributed by atoms with Gasteiger partial charge in [-0.3, -0.25) is 0 Å². The van der Waals surface area contributed by atoms with Crippen molar-refractivity contribution in [3.63, 3.8) is 0 Å². The van der Waals surface area contributed by atoms with Gasteiger partial charge in [0, 0.05) is 13.1 Å². The maximum Gasteiger partial charge on any atom is 0.346 e. The van der Waals surface area contributed by atoms with Gasteiger partial charge in [-0.2, -0.15) is 4.99 Å². The number of carbonyl (C=O) groups excluding carboxylic acids is 1. The van der Waals surface area contributed by atoms with E-state index in [1.54, 1.807) is 0 Å². The maximum absolute atomic E-state index is 10.6. The number of carbonyl (C=O) groups is 1. The molecule has 1 heterocycles. The van der Waals surface area contributed by atoms with Gasteiger partial charge in [-0.1, -0.05) is 0 Å². The Hall–Kier alpha value is -1.26. The SMILES string of the molecule is NC(N)=NC(=O)N1CC1. The van der Waals surface area contributed by atoms with Crippen LogP contribution in [0.2, 0.25) is 0 Å². The second-order valence-electron chi connectivity index (χ2n) is 1.81. The fraction of sp³-hybridized carbons (Fsp3) is 0.500. The van der Waals surface area contributed by atoms with Crippen molar-refractivity contribution in [2.24, 2.45) is 16.5 Å². The van der Waals surface area contributed by atoms with Crippen molar-refractivity contribution in [2.75, 3.05) is 13.1 Å². The molecule has 4 N–H and O–H groups in total. The van der Waals surface area contributed by atoms with E-state index in [4.69, 9.17) is 11.5 Å². The Bertz CT molecular complexity index is 156. The average Bonchev–Trinajstić information content (AvgIpc) is 2.40. The number of aliphatic imine (C=N–C) groups is 1. The molecular formula is C4H8N4O. The minimum Gasteiger partial charge on any atom is -0.370 e. The molecule has 9 heavy (non-hydrogen) atoms. The largest absolute Gasteiger partial charge is 0.370 e. The zero-order chi connectivity index (χ0) is 6.85. The van der Waals surface area contributed by atoms with E-state index < -0.39 is 0 Å². The van der Waals surface area contributed by atoms with Gasteiger partial charge in [0.2, 0.25) is 0 Å². The minimum absolute atomic E-state index is 0.174. The van der Waals surface area contributed by atoms with Gasteiger partial charge in [0.15, 0.2) is 5.96 Å². The van der Waals surface area contributed by atoms with Crippen LogP contribution in [0, 0.1) is 0 Å². The molecule has 0 aromatic heterocycles. The molecule has 0 aliphatic carbocycles. The summed E-state index contributed by atoms with van der Waals surface area (Å²) < 4.78 is 0. The molecule has 1 fully saturated rings. The first-order valence-electron chi connectivity index (χ1n) is 2.58. The molecule has 0 unspecified atom stereocenters. The van der Waals surface area contributed by atoms with Gasteiger partial charge in [-0.15, -0.1) is 0 Å². The van der Waals surface area contributed by atoms with Crippen LogP contribution in [-0.2, 0) is 0 Å². The maximum atomic E-state index is 10.6.